The van der Waals surface area contributed by atoms with E-state index in [2.05, 4.69) is 25.6 Å². The minimum absolute atomic E-state index is 0.0426. The van der Waals surface area contributed by atoms with Crippen LogP contribution in [0.15, 0.2) is 24.4 Å². The van der Waals surface area contributed by atoms with Gasteiger partial charge in [-0.15, -0.1) is 0 Å². The van der Waals surface area contributed by atoms with Crippen molar-refractivity contribution in [3.63, 3.8) is 0 Å². The smallest absolute Gasteiger partial charge is 0.415 e. The highest BCUT2D eigenvalue weighted by Crippen LogP contribution is 2.26. The molecule has 2 fully saturated rings. The van der Waals surface area contributed by atoms with Crippen LogP contribution >= 0.6 is 0 Å². The number of nitrogens with zero attached hydrogens (tertiary/aromatic N) is 4. The van der Waals surface area contributed by atoms with Crippen molar-refractivity contribution in [2.24, 2.45) is 0 Å². The average molecular weight is 487 g/mol. The van der Waals surface area contributed by atoms with Crippen LogP contribution in [-0.2, 0) is 9.47 Å². The molecule has 3 heterocycles. The number of carbonyl (C=O) groups excluding carboxylic acids is 2. The highest BCUT2D eigenvalue weighted by molar-refractivity contribution is 5.87. The Morgan fingerprint density at radius 2 is 1.91 bits per heavy atom. The second-order valence-electron chi connectivity index (χ2n) is 9.73. The molecule has 2 aromatic heterocycles. The first-order valence-corrected chi connectivity index (χ1v) is 11.9. The van der Waals surface area contributed by atoms with E-state index >= 15 is 0 Å². The average Bonchev–Trinajstić information content (AvgIpc) is 2.81. The molecule has 1 saturated carbocycles. The number of cyclic esters (lactones) is 1. The van der Waals surface area contributed by atoms with Crippen LogP contribution in [0, 0.1) is 5.82 Å². The van der Waals surface area contributed by atoms with Crippen molar-refractivity contribution in [2.45, 2.75) is 70.6 Å². The number of nitrogens with one attached hydrogen (secondary N) is 2. The Hall–Kier alpha value is -3.50. The molecule has 35 heavy (non-hydrogen) atoms. The molecule has 0 radical (unpaired) electrons. The lowest BCUT2D eigenvalue weighted by molar-refractivity contribution is 0.0492. The Labute approximate surface area is 203 Å². The third kappa shape index (κ3) is 6.55. The number of hydrogen-bond donors (Lipinski definition) is 2. The molecule has 0 bridgehead atoms. The van der Waals surface area contributed by atoms with E-state index in [9.17, 15) is 14.0 Å². The number of carbonyl (C=O) groups is 2. The van der Waals surface area contributed by atoms with E-state index < -0.39 is 23.6 Å². The molecule has 2 aromatic rings. The molecule has 4 rings (SSSR count). The highest BCUT2D eigenvalue weighted by atomic mass is 19.1. The normalized spacial score (nSPS) is 20.7. The number of aromatic nitrogens is 3. The van der Waals surface area contributed by atoms with Crippen molar-refractivity contribution in [2.75, 3.05) is 23.4 Å². The lowest BCUT2D eigenvalue weighted by Crippen LogP contribution is -2.42. The van der Waals surface area contributed by atoms with Crippen LogP contribution in [0.3, 0.4) is 0 Å². The molecule has 0 spiro atoms. The maximum Gasteiger partial charge on any atom is 0.415 e. The molecule has 1 aliphatic heterocycles. The summed E-state index contributed by atoms with van der Waals surface area (Å²) in [5, 5.41) is 6.19. The van der Waals surface area contributed by atoms with Gasteiger partial charge in [-0.2, -0.15) is 0 Å². The van der Waals surface area contributed by atoms with E-state index in [-0.39, 0.29) is 17.8 Å². The lowest BCUT2D eigenvalue weighted by Gasteiger charge is -2.30. The molecule has 2 N–H and O–H groups in total. The Bertz CT molecular complexity index is 1070. The quantitative estimate of drug-likeness (QED) is 0.643. The number of hydrogen-bond acceptors (Lipinski definition) is 8. The number of alkyl carbamates (subject to hydrolysis) is 1. The fraction of sp³-hybridized carbons (Fsp3) is 0.542. The zero-order valence-corrected chi connectivity index (χ0v) is 20.2. The third-order valence-electron chi connectivity index (χ3n) is 5.75. The molecule has 1 aliphatic carbocycles. The summed E-state index contributed by atoms with van der Waals surface area (Å²) < 4.78 is 25.0. The summed E-state index contributed by atoms with van der Waals surface area (Å²) in [6.45, 7) is 6.36. The molecule has 0 aromatic carbocycles. The standard InChI is InChI=1S/C24H31FN6O4/c1-24(2,3)35-22(32)28-16-10-8-15(9-11-16)27-21-26-14-17(25)20(30-21)18-6-4-7-19(29-18)31-12-5-13-34-23(31)33/h4,6-7,14-16H,5,8-13H2,1-3H3,(H,28,32)(H,26,27,30)/t15-,16-. The minimum atomic E-state index is -0.605. The topological polar surface area (TPSA) is 119 Å². The van der Waals surface area contributed by atoms with Gasteiger partial charge in [0.2, 0.25) is 5.95 Å². The van der Waals surface area contributed by atoms with Crippen LogP contribution in [0.4, 0.5) is 25.7 Å². The first kappa shape index (κ1) is 24.6. The number of ether oxygens (including phenoxy) is 2. The van der Waals surface area contributed by atoms with Crippen LogP contribution in [0.5, 0.6) is 0 Å². The van der Waals surface area contributed by atoms with Gasteiger partial charge in [-0.3, -0.25) is 4.90 Å². The summed E-state index contributed by atoms with van der Waals surface area (Å²) in [6, 6.07) is 5.15. The number of rotatable bonds is 5. The molecule has 2 amide bonds. The van der Waals surface area contributed by atoms with Gasteiger partial charge in [0.25, 0.3) is 0 Å². The summed E-state index contributed by atoms with van der Waals surface area (Å²) in [4.78, 5) is 38.4. The number of anilines is 2. The second kappa shape index (κ2) is 10.4. The lowest BCUT2D eigenvalue weighted by atomic mass is 9.91. The molecule has 2 aliphatic rings. The molecule has 0 unspecified atom stereocenters. The molecule has 1 saturated heterocycles. The van der Waals surface area contributed by atoms with Crippen LogP contribution in [0.1, 0.15) is 52.9 Å². The number of amides is 2. The molecule has 0 atom stereocenters. The van der Waals surface area contributed by atoms with Crippen molar-refractivity contribution in [3.05, 3.63) is 30.2 Å². The van der Waals surface area contributed by atoms with E-state index in [1.165, 1.54) is 4.90 Å². The predicted octanol–water partition coefficient (Wildman–Crippen LogP) is 4.27. The third-order valence-corrected chi connectivity index (χ3v) is 5.75. The van der Waals surface area contributed by atoms with Gasteiger partial charge < -0.3 is 20.1 Å². The van der Waals surface area contributed by atoms with Gasteiger partial charge in [-0.1, -0.05) is 6.07 Å². The van der Waals surface area contributed by atoms with Crippen LogP contribution in [0.2, 0.25) is 0 Å². The molecule has 11 heteroatoms. The zero-order chi connectivity index (χ0) is 25.0. The summed E-state index contributed by atoms with van der Waals surface area (Å²) in [5.41, 5.74) is -0.185. The Morgan fingerprint density at radius 1 is 1.17 bits per heavy atom. The van der Waals surface area contributed by atoms with Crippen molar-refractivity contribution in [3.8, 4) is 11.4 Å². The van der Waals surface area contributed by atoms with Crippen LogP contribution in [-0.4, -0.2) is 58.0 Å². The number of halogens is 1. The predicted molar refractivity (Wildman–Crippen MR) is 128 cm³/mol. The maximum absolute atomic E-state index is 14.6. The molecular formula is C24H31FN6O4. The maximum atomic E-state index is 14.6. The Kier molecular flexibility index (Phi) is 7.32. The van der Waals surface area contributed by atoms with Gasteiger partial charge in [0.05, 0.1) is 18.5 Å². The summed E-state index contributed by atoms with van der Waals surface area (Å²) >= 11 is 0. The minimum Gasteiger partial charge on any atom is -0.449 e. The van der Waals surface area contributed by atoms with E-state index in [0.717, 1.165) is 31.9 Å². The van der Waals surface area contributed by atoms with E-state index in [4.69, 9.17) is 9.47 Å². The Morgan fingerprint density at radius 3 is 2.63 bits per heavy atom. The van der Waals surface area contributed by atoms with Crippen molar-refractivity contribution >= 4 is 24.0 Å². The van der Waals surface area contributed by atoms with Gasteiger partial charge in [0.15, 0.2) is 5.82 Å². The van der Waals surface area contributed by atoms with E-state index in [0.29, 0.717) is 37.0 Å². The van der Waals surface area contributed by atoms with Crippen molar-refractivity contribution in [1.82, 2.24) is 20.3 Å². The van der Waals surface area contributed by atoms with E-state index in [1.807, 2.05) is 20.8 Å². The van der Waals surface area contributed by atoms with Gasteiger partial charge in [-0.05, 0) is 65.0 Å². The summed E-state index contributed by atoms with van der Waals surface area (Å²) in [6.07, 6.45) is 4.08. The van der Waals surface area contributed by atoms with Crippen LogP contribution < -0.4 is 15.5 Å². The fourth-order valence-electron chi connectivity index (χ4n) is 4.12. The zero-order valence-electron chi connectivity index (χ0n) is 20.2. The van der Waals surface area contributed by atoms with Crippen molar-refractivity contribution in [1.29, 1.82) is 0 Å². The first-order valence-electron chi connectivity index (χ1n) is 11.9. The monoisotopic (exact) mass is 486 g/mol. The van der Waals surface area contributed by atoms with Crippen molar-refractivity contribution < 1.29 is 23.5 Å². The second-order valence-corrected chi connectivity index (χ2v) is 9.73. The molecular weight excluding hydrogens is 455 g/mol. The number of pyridine rings is 1. The molecule has 10 nitrogen and oxygen atoms in total. The van der Waals surface area contributed by atoms with E-state index in [1.54, 1.807) is 18.2 Å². The van der Waals surface area contributed by atoms with Gasteiger partial charge >= 0.3 is 12.2 Å². The van der Waals surface area contributed by atoms with Gasteiger partial charge in [-0.25, -0.2) is 28.9 Å². The summed E-state index contributed by atoms with van der Waals surface area (Å²) in [5.74, 6) is 0.0803. The summed E-state index contributed by atoms with van der Waals surface area (Å²) in [7, 11) is 0. The van der Waals surface area contributed by atoms with Gasteiger partial charge in [0, 0.05) is 18.6 Å². The fourth-order valence-corrected chi connectivity index (χ4v) is 4.12. The molecule has 188 valence electrons. The van der Waals surface area contributed by atoms with Crippen LogP contribution in [0.25, 0.3) is 11.4 Å². The SMILES string of the molecule is CC(C)(C)OC(=O)N[C@H]1CC[C@H](Nc2ncc(F)c(-c3cccc(N4CCCOC4=O)n3)n2)CC1. The van der Waals surface area contributed by atoms with Gasteiger partial charge in [0.1, 0.15) is 17.1 Å². The Balaban J connectivity index is 1.39. The highest BCUT2D eigenvalue weighted by Gasteiger charge is 2.26. The largest absolute Gasteiger partial charge is 0.449 e. The first-order chi connectivity index (χ1) is 16.7.